The maximum Gasteiger partial charge on any atom is 0.138 e. The van der Waals surface area contributed by atoms with Gasteiger partial charge in [-0.25, -0.2) is 4.39 Å². The fourth-order valence-corrected chi connectivity index (χ4v) is 2.73. The molecule has 1 saturated heterocycles. The van der Waals surface area contributed by atoms with Crippen molar-refractivity contribution < 1.29 is 4.39 Å². The molecule has 5 heteroatoms. The Hall–Kier alpha value is -0.560. The summed E-state index contributed by atoms with van der Waals surface area (Å²) in [6.45, 7) is 3.16. The van der Waals surface area contributed by atoms with Crippen molar-refractivity contribution in [1.29, 1.82) is 0 Å². The number of rotatable bonds is 3. The molecule has 0 aromatic heterocycles. The van der Waals surface area contributed by atoms with Crippen molar-refractivity contribution >= 4 is 34.0 Å². The van der Waals surface area contributed by atoms with Crippen LogP contribution >= 0.6 is 22.6 Å². The first-order chi connectivity index (χ1) is 8.56. The molecule has 100 valence electrons. The van der Waals surface area contributed by atoms with Crippen LogP contribution in [0.2, 0.25) is 0 Å². The Morgan fingerprint density at radius 2 is 2.11 bits per heavy atom. The molecule has 1 aliphatic heterocycles. The minimum absolute atomic E-state index is 0.212. The Labute approximate surface area is 121 Å². The monoisotopic (exact) mass is 363 g/mol. The lowest BCUT2D eigenvalue weighted by molar-refractivity contribution is 0.226. The largest absolute Gasteiger partial charge is 0.397 e. The predicted molar refractivity (Wildman–Crippen MR) is 82.2 cm³/mol. The lowest BCUT2D eigenvalue weighted by Crippen LogP contribution is -2.33. The quantitative estimate of drug-likeness (QED) is 0.641. The average molecular weight is 363 g/mol. The van der Waals surface area contributed by atoms with E-state index in [4.69, 9.17) is 5.73 Å². The van der Waals surface area contributed by atoms with Crippen LogP contribution in [0.3, 0.4) is 0 Å². The summed E-state index contributed by atoms with van der Waals surface area (Å²) in [6.07, 6.45) is 2.38. The van der Waals surface area contributed by atoms with Gasteiger partial charge in [-0.15, -0.1) is 0 Å². The SMILES string of the molecule is CN1CCC(CNc2cc(F)c(I)cc2N)CC1. The predicted octanol–water partition coefficient (Wildman–Crippen LogP) is 2.77. The molecule has 0 spiro atoms. The van der Waals surface area contributed by atoms with Crippen molar-refractivity contribution in [3.63, 3.8) is 0 Å². The fraction of sp³-hybridized carbons (Fsp3) is 0.538. The normalized spacial score (nSPS) is 17.9. The van der Waals surface area contributed by atoms with Crippen LogP contribution in [0.1, 0.15) is 12.8 Å². The minimum atomic E-state index is -0.212. The zero-order chi connectivity index (χ0) is 13.1. The number of benzene rings is 1. The third-order valence-electron chi connectivity index (χ3n) is 3.51. The van der Waals surface area contributed by atoms with E-state index in [1.54, 1.807) is 6.07 Å². The summed E-state index contributed by atoms with van der Waals surface area (Å²) < 4.78 is 14.0. The van der Waals surface area contributed by atoms with E-state index in [9.17, 15) is 4.39 Å². The average Bonchev–Trinajstić information content (AvgIpc) is 2.34. The molecule has 1 aromatic carbocycles. The summed E-state index contributed by atoms with van der Waals surface area (Å²) in [5.41, 5.74) is 7.22. The number of nitrogens with zero attached hydrogens (tertiary/aromatic N) is 1. The molecule has 3 nitrogen and oxygen atoms in total. The second-order valence-electron chi connectivity index (χ2n) is 4.98. The first-order valence-corrected chi connectivity index (χ1v) is 7.31. The van der Waals surface area contributed by atoms with Crippen molar-refractivity contribution in [3.8, 4) is 0 Å². The van der Waals surface area contributed by atoms with Gasteiger partial charge in [-0.2, -0.15) is 0 Å². The van der Waals surface area contributed by atoms with Crippen LogP contribution in [0.5, 0.6) is 0 Å². The summed E-state index contributed by atoms with van der Waals surface area (Å²) in [4.78, 5) is 2.34. The van der Waals surface area contributed by atoms with E-state index < -0.39 is 0 Å². The Balaban J connectivity index is 1.92. The Bertz CT molecular complexity index is 417. The molecule has 1 aliphatic rings. The van der Waals surface area contributed by atoms with E-state index in [0.717, 1.165) is 19.6 Å². The van der Waals surface area contributed by atoms with Crippen LogP contribution in [0, 0.1) is 15.3 Å². The fourth-order valence-electron chi connectivity index (χ4n) is 2.24. The first kappa shape index (κ1) is 13.9. The Kier molecular flexibility index (Phi) is 4.66. The zero-order valence-electron chi connectivity index (χ0n) is 10.5. The molecular weight excluding hydrogens is 344 g/mol. The lowest BCUT2D eigenvalue weighted by atomic mass is 9.97. The molecule has 2 rings (SSSR count). The summed E-state index contributed by atoms with van der Waals surface area (Å²) >= 11 is 1.95. The molecule has 1 aromatic rings. The molecular formula is C13H19FIN3. The highest BCUT2D eigenvalue weighted by molar-refractivity contribution is 14.1. The van der Waals surface area contributed by atoms with Crippen molar-refractivity contribution in [1.82, 2.24) is 4.90 Å². The third kappa shape index (κ3) is 3.47. The number of nitrogens with two attached hydrogens (primary N) is 1. The van der Waals surface area contributed by atoms with Gasteiger partial charge >= 0.3 is 0 Å². The Morgan fingerprint density at radius 3 is 2.78 bits per heavy atom. The van der Waals surface area contributed by atoms with E-state index in [0.29, 0.717) is 20.9 Å². The van der Waals surface area contributed by atoms with Crippen molar-refractivity contribution in [2.45, 2.75) is 12.8 Å². The van der Waals surface area contributed by atoms with E-state index in [1.807, 2.05) is 22.6 Å². The van der Waals surface area contributed by atoms with Gasteiger partial charge in [0, 0.05) is 12.6 Å². The van der Waals surface area contributed by atoms with Crippen molar-refractivity contribution in [2.24, 2.45) is 5.92 Å². The molecule has 3 N–H and O–H groups in total. The summed E-state index contributed by atoms with van der Waals surface area (Å²) in [7, 11) is 2.15. The summed E-state index contributed by atoms with van der Waals surface area (Å²) in [5.74, 6) is 0.443. The van der Waals surface area contributed by atoms with E-state index >= 15 is 0 Å². The lowest BCUT2D eigenvalue weighted by Gasteiger charge is -2.29. The van der Waals surface area contributed by atoms with Crippen LogP contribution < -0.4 is 11.1 Å². The molecule has 0 radical (unpaired) electrons. The maximum atomic E-state index is 13.5. The van der Waals surface area contributed by atoms with Gasteiger partial charge in [-0.3, -0.25) is 0 Å². The molecule has 0 saturated carbocycles. The van der Waals surface area contributed by atoms with Gasteiger partial charge in [-0.05, 0) is 67.6 Å². The van der Waals surface area contributed by atoms with Crippen LogP contribution in [-0.4, -0.2) is 31.6 Å². The van der Waals surface area contributed by atoms with Gasteiger partial charge in [0.15, 0.2) is 0 Å². The standard InChI is InChI=1S/C13H19FIN3/c1-18-4-2-9(3-5-18)8-17-13-6-10(14)11(15)7-12(13)16/h6-7,9,17H,2-5,8,16H2,1H3. The molecule has 0 amide bonds. The molecule has 1 fully saturated rings. The number of anilines is 2. The van der Waals surface area contributed by atoms with E-state index in [2.05, 4.69) is 17.3 Å². The summed E-state index contributed by atoms with van der Waals surface area (Å²) in [5, 5.41) is 3.28. The molecule has 18 heavy (non-hydrogen) atoms. The molecule has 1 heterocycles. The number of hydrogen-bond donors (Lipinski definition) is 2. The van der Waals surface area contributed by atoms with Crippen molar-refractivity contribution in [2.75, 3.05) is 37.7 Å². The van der Waals surface area contributed by atoms with Gasteiger partial charge in [0.05, 0.1) is 14.9 Å². The van der Waals surface area contributed by atoms with Crippen LogP contribution in [0.25, 0.3) is 0 Å². The van der Waals surface area contributed by atoms with Crippen LogP contribution in [0.15, 0.2) is 12.1 Å². The number of hydrogen-bond acceptors (Lipinski definition) is 3. The van der Waals surface area contributed by atoms with Gasteiger partial charge in [0.1, 0.15) is 5.82 Å². The van der Waals surface area contributed by atoms with Crippen LogP contribution in [0.4, 0.5) is 15.8 Å². The number of nitrogens with one attached hydrogen (secondary N) is 1. The first-order valence-electron chi connectivity index (χ1n) is 6.23. The van der Waals surface area contributed by atoms with E-state index in [1.165, 1.54) is 18.9 Å². The highest BCUT2D eigenvalue weighted by atomic mass is 127. The third-order valence-corrected chi connectivity index (χ3v) is 4.34. The number of nitrogen functional groups attached to an aromatic ring is 1. The number of likely N-dealkylation sites (tertiary alicyclic amines) is 1. The molecule has 0 aliphatic carbocycles. The minimum Gasteiger partial charge on any atom is -0.397 e. The second kappa shape index (κ2) is 6.06. The number of piperidine rings is 1. The Morgan fingerprint density at radius 1 is 1.44 bits per heavy atom. The van der Waals surface area contributed by atoms with Gasteiger partial charge < -0.3 is 16.0 Å². The highest BCUT2D eigenvalue weighted by Gasteiger charge is 2.16. The molecule has 0 bridgehead atoms. The maximum absolute atomic E-state index is 13.5. The van der Waals surface area contributed by atoms with Gasteiger partial charge in [0.25, 0.3) is 0 Å². The van der Waals surface area contributed by atoms with Gasteiger partial charge in [-0.1, -0.05) is 0 Å². The zero-order valence-corrected chi connectivity index (χ0v) is 12.7. The number of halogens is 2. The second-order valence-corrected chi connectivity index (χ2v) is 6.14. The van der Waals surface area contributed by atoms with Crippen LogP contribution in [-0.2, 0) is 0 Å². The van der Waals surface area contributed by atoms with Gasteiger partial charge in [0.2, 0.25) is 0 Å². The molecule has 0 atom stereocenters. The smallest absolute Gasteiger partial charge is 0.138 e. The topological polar surface area (TPSA) is 41.3 Å². The highest BCUT2D eigenvalue weighted by Crippen LogP contribution is 2.25. The summed E-state index contributed by atoms with van der Waals surface area (Å²) in [6, 6.07) is 3.17. The van der Waals surface area contributed by atoms with Crippen molar-refractivity contribution in [3.05, 3.63) is 21.5 Å². The van der Waals surface area contributed by atoms with E-state index in [-0.39, 0.29) is 5.82 Å². The molecule has 0 unspecified atom stereocenters.